The van der Waals surface area contributed by atoms with Gasteiger partial charge in [-0.3, -0.25) is 0 Å². The first-order valence-electron chi connectivity index (χ1n) is 5.51. The lowest BCUT2D eigenvalue weighted by molar-refractivity contribution is 0.204. The fourth-order valence-corrected chi connectivity index (χ4v) is 2.64. The molecule has 0 heteroatoms. The molecule has 0 saturated heterocycles. The lowest BCUT2D eigenvalue weighted by atomic mass is 9.66. The van der Waals surface area contributed by atoms with Crippen molar-refractivity contribution in [2.45, 2.75) is 52.4 Å². The Morgan fingerprint density at radius 1 is 1.33 bits per heavy atom. The highest BCUT2D eigenvalue weighted by atomic mass is 14.4. The van der Waals surface area contributed by atoms with Crippen molar-refractivity contribution in [1.29, 1.82) is 0 Å². The predicted molar refractivity (Wildman–Crippen MR) is 53.1 cm³/mol. The van der Waals surface area contributed by atoms with Gasteiger partial charge in [-0.05, 0) is 50.9 Å². The standard InChI is InChI=1S/C12H20/c1-3-10-7-8-12(10)9(2)11-5-4-6-11/h10,12H,3-8H2,1-2H3. The maximum Gasteiger partial charge on any atom is -0.0175 e. The van der Waals surface area contributed by atoms with Gasteiger partial charge in [-0.15, -0.1) is 0 Å². The van der Waals surface area contributed by atoms with Crippen molar-refractivity contribution in [1.82, 2.24) is 0 Å². The van der Waals surface area contributed by atoms with Crippen LogP contribution in [-0.4, -0.2) is 0 Å². The summed E-state index contributed by atoms with van der Waals surface area (Å²) in [5.74, 6) is 2.03. The van der Waals surface area contributed by atoms with Crippen molar-refractivity contribution >= 4 is 0 Å². The Morgan fingerprint density at radius 3 is 2.42 bits per heavy atom. The Kier molecular flexibility index (Phi) is 2.25. The van der Waals surface area contributed by atoms with Gasteiger partial charge >= 0.3 is 0 Å². The van der Waals surface area contributed by atoms with Gasteiger partial charge in [0.1, 0.15) is 0 Å². The molecule has 12 heavy (non-hydrogen) atoms. The summed E-state index contributed by atoms with van der Waals surface area (Å²) in [6.07, 6.45) is 8.66. The molecule has 0 bridgehead atoms. The Hall–Kier alpha value is -0.260. The van der Waals surface area contributed by atoms with Crippen LogP contribution in [0.2, 0.25) is 0 Å². The van der Waals surface area contributed by atoms with Crippen LogP contribution in [0.15, 0.2) is 11.1 Å². The van der Waals surface area contributed by atoms with E-state index in [0.29, 0.717) is 0 Å². The van der Waals surface area contributed by atoms with Gasteiger partial charge in [-0.2, -0.15) is 0 Å². The normalized spacial score (nSPS) is 34.0. The average Bonchev–Trinajstić information content (AvgIpc) is 1.80. The van der Waals surface area contributed by atoms with E-state index in [-0.39, 0.29) is 0 Å². The van der Waals surface area contributed by atoms with Crippen molar-refractivity contribution in [3.8, 4) is 0 Å². The quantitative estimate of drug-likeness (QED) is 0.543. The molecule has 2 atom stereocenters. The third kappa shape index (κ3) is 1.22. The molecule has 0 aromatic heterocycles. The molecule has 0 spiro atoms. The van der Waals surface area contributed by atoms with E-state index in [1.165, 1.54) is 38.5 Å². The number of allylic oxidation sites excluding steroid dienone is 2. The summed E-state index contributed by atoms with van der Waals surface area (Å²) < 4.78 is 0. The monoisotopic (exact) mass is 164 g/mol. The second-order valence-electron chi connectivity index (χ2n) is 4.49. The van der Waals surface area contributed by atoms with Crippen LogP contribution in [0.25, 0.3) is 0 Å². The highest BCUT2D eigenvalue weighted by Gasteiger charge is 2.32. The summed E-state index contributed by atoms with van der Waals surface area (Å²) in [5, 5.41) is 0. The van der Waals surface area contributed by atoms with Crippen molar-refractivity contribution in [2.75, 3.05) is 0 Å². The van der Waals surface area contributed by atoms with Gasteiger partial charge in [0.15, 0.2) is 0 Å². The lowest BCUT2D eigenvalue weighted by Gasteiger charge is -2.39. The van der Waals surface area contributed by atoms with Crippen LogP contribution in [-0.2, 0) is 0 Å². The lowest BCUT2D eigenvalue weighted by Crippen LogP contribution is -2.27. The maximum absolute atomic E-state index is 2.39. The van der Waals surface area contributed by atoms with E-state index in [1.54, 1.807) is 11.1 Å². The third-order valence-corrected chi connectivity index (χ3v) is 4.01. The van der Waals surface area contributed by atoms with Crippen LogP contribution < -0.4 is 0 Å². The first kappa shape index (κ1) is 8.34. The van der Waals surface area contributed by atoms with Crippen LogP contribution in [0.3, 0.4) is 0 Å². The molecule has 0 aromatic carbocycles. The zero-order valence-electron chi connectivity index (χ0n) is 8.40. The van der Waals surface area contributed by atoms with Gasteiger partial charge in [0, 0.05) is 0 Å². The molecule has 2 aliphatic rings. The van der Waals surface area contributed by atoms with Crippen molar-refractivity contribution < 1.29 is 0 Å². The van der Waals surface area contributed by atoms with Crippen molar-refractivity contribution in [3.63, 3.8) is 0 Å². The Labute approximate surface area is 76.1 Å². The van der Waals surface area contributed by atoms with Crippen LogP contribution in [0.1, 0.15) is 52.4 Å². The van der Waals surface area contributed by atoms with Crippen LogP contribution in [0.5, 0.6) is 0 Å². The second-order valence-corrected chi connectivity index (χ2v) is 4.49. The van der Waals surface area contributed by atoms with Crippen molar-refractivity contribution in [3.05, 3.63) is 11.1 Å². The van der Waals surface area contributed by atoms with E-state index in [9.17, 15) is 0 Å². The molecule has 0 aromatic rings. The van der Waals surface area contributed by atoms with Gasteiger partial charge in [0.25, 0.3) is 0 Å². The molecule has 2 unspecified atom stereocenters. The second kappa shape index (κ2) is 3.24. The average molecular weight is 164 g/mol. The molecular formula is C12H20. The summed E-state index contributed by atoms with van der Waals surface area (Å²) in [7, 11) is 0. The largest absolute Gasteiger partial charge is 0.0710 e. The highest BCUT2D eigenvalue weighted by molar-refractivity contribution is 5.22. The molecule has 68 valence electrons. The Balaban J connectivity index is 1.99. The fraction of sp³-hybridized carbons (Fsp3) is 0.833. The number of hydrogen-bond acceptors (Lipinski definition) is 0. The maximum atomic E-state index is 2.39. The van der Waals surface area contributed by atoms with Crippen LogP contribution in [0, 0.1) is 11.8 Å². The molecule has 0 heterocycles. The summed E-state index contributed by atoms with van der Waals surface area (Å²) >= 11 is 0. The minimum absolute atomic E-state index is 0.991. The van der Waals surface area contributed by atoms with E-state index in [0.717, 1.165) is 11.8 Å². The summed E-state index contributed by atoms with van der Waals surface area (Å²) in [5.41, 5.74) is 3.58. The molecule has 2 fully saturated rings. The van der Waals surface area contributed by atoms with E-state index < -0.39 is 0 Å². The SMILES string of the molecule is CCC1CCC1C(C)=C1CCC1. The molecule has 2 aliphatic carbocycles. The van der Waals surface area contributed by atoms with Gasteiger partial charge < -0.3 is 0 Å². The molecule has 0 amide bonds. The number of rotatable bonds is 2. The van der Waals surface area contributed by atoms with E-state index >= 15 is 0 Å². The molecule has 0 nitrogen and oxygen atoms in total. The Bertz CT molecular complexity index is 192. The Morgan fingerprint density at radius 2 is 2.08 bits per heavy atom. The van der Waals surface area contributed by atoms with Crippen LogP contribution >= 0.6 is 0 Å². The minimum atomic E-state index is 0.991. The first-order valence-corrected chi connectivity index (χ1v) is 5.51. The molecule has 2 saturated carbocycles. The van der Waals surface area contributed by atoms with Gasteiger partial charge in [-0.1, -0.05) is 24.5 Å². The summed E-state index contributed by atoms with van der Waals surface area (Å²) in [6, 6.07) is 0. The van der Waals surface area contributed by atoms with E-state index in [1.807, 2.05) is 0 Å². The van der Waals surface area contributed by atoms with Gasteiger partial charge in [0.05, 0.1) is 0 Å². The summed E-state index contributed by atoms with van der Waals surface area (Å²) in [4.78, 5) is 0. The first-order chi connectivity index (χ1) is 5.83. The molecule has 0 aliphatic heterocycles. The number of hydrogen-bond donors (Lipinski definition) is 0. The fourth-order valence-electron chi connectivity index (χ4n) is 2.64. The molecule has 0 N–H and O–H groups in total. The van der Waals surface area contributed by atoms with Gasteiger partial charge in [0.2, 0.25) is 0 Å². The highest BCUT2D eigenvalue weighted by Crippen LogP contribution is 2.45. The molecular weight excluding hydrogens is 144 g/mol. The molecule has 0 radical (unpaired) electrons. The summed E-state index contributed by atoms with van der Waals surface area (Å²) in [6.45, 7) is 4.73. The van der Waals surface area contributed by atoms with Gasteiger partial charge in [-0.25, -0.2) is 0 Å². The minimum Gasteiger partial charge on any atom is -0.0710 e. The molecule has 2 rings (SSSR count). The third-order valence-electron chi connectivity index (χ3n) is 4.01. The van der Waals surface area contributed by atoms with E-state index in [2.05, 4.69) is 13.8 Å². The zero-order valence-corrected chi connectivity index (χ0v) is 8.40. The smallest absolute Gasteiger partial charge is 0.0175 e. The zero-order chi connectivity index (χ0) is 8.55. The predicted octanol–water partition coefficient (Wildman–Crippen LogP) is 3.92. The van der Waals surface area contributed by atoms with Crippen LogP contribution in [0.4, 0.5) is 0 Å². The van der Waals surface area contributed by atoms with E-state index in [4.69, 9.17) is 0 Å². The topological polar surface area (TPSA) is 0 Å². The van der Waals surface area contributed by atoms with Crippen molar-refractivity contribution in [2.24, 2.45) is 11.8 Å².